The molecule has 0 bridgehead atoms. The van der Waals surface area contributed by atoms with Crippen LogP contribution < -0.4 is 10.6 Å². The maximum atomic E-state index is 12.1. The van der Waals surface area contributed by atoms with Crippen molar-refractivity contribution < 1.29 is 18.0 Å². The fraction of sp³-hybridized carbons (Fsp3) is 0.529. The van der Waals surface area contributed by atoms with E-state index in [1.165, 1.54) is 0 Å². The summed E-state index contributed by atoms with van der Waals surface area (Å²) in [5, 5.41) is 5.52. The third kappa shape index (κ3) is 6.04. The standard InChI is InChI=1S/C17H25N3O4S/c1-20(2)16(21)8-7-14-5-3-4-6-15(14)19-17(22)18-11-13-9-10-25(23,24)12-13/h3-6,13H,7-12H2,1-2H3,(H2,18,19,22)/t13-/m1/s1. The van der Waals surface area contributed by atoms with Crippen molar-refractivity contribution >= 4 is 27.5 Å². The van der Waals surface area contributed by atoms with E-state index in [2.05, 4.69) is 10.6 Å². The monoisotopic (exact) mass is 367 g/mol. The van der Waals surface area contributed by atoms with Gasteiger partial charge in [-0.25, -0.2) is 13.2 Å². The van der Waals surface area contributed by atoms with Gasteiger partial charge in [0.15, 0.2) is 9.84 Å². The summed E-state index contributed by atoms with van der Waals surface area (Å²) >= 11 is 0. The van der Waals surface area contributed by atoms with E-state index in [4.69, 9.17) is 0 Å². The molecule has 3 amide bonds. The van der Waals surface area contributed by atoms with Crippen molar-refractivity contribution in [3.05, 3.63) is 29.8 Å². The van der Waals surface area contributed by atoms with Crippen molar-refractivity contribution in [1.82, 2.24) is 10.2 Å². The number of carbonyl (C=O) groups excluding carboxylic acids is 2. The van der Waals surface area contributed by atoms with Gasteiger partial charge in [0.1, 0.15) is 0 Å². The van der Waals surface area contributed by atoms with E-state index in [1.54, 1.807) is 25.1 Å². The normalized spacial score (nSPS) is 18.6. The summed E-state index contributed by atoms with van der Waals surface area (Å²) in [4.78, 5) is 25.4. The zero-order valence-electron chi connectivity index (χ0n) is 14.6. The Morgan fingerprint density at radius 3 is 2.60 bits per heavy atom. The smallest absolute Gasteiger partial charge is 0.319 e. The SMILES string of the molecule is CN(C)C(=O)CCc1ccccc1NC(=O)NC[C@H]1CCS(=O)(=O)C1. The van der Waals surface area contributed by atoms with E-state index in [1.807, 2.05) is 18.2 Å². The molecule has 0 radical (unpaired) electrons. The fourth-order valence-electron chi connectivity index (χ4n) is 2.76. The molecule has 1 aliphatic rings. The molecule has 7 nitrogen and oxygen atoms in total. The fourth-order valence-corrected chi connectivity index (χ4v) is 4.62. The highest BCUT2D eigenvalue weighted by atomic mass is 32.2. The van der Waals surface area contributed by atoms with Gasteiger partial charge in [0.25, 0.3) is 0 Å². The molecule has 2 rings (SSSR count). The topological polar surface area (TPSA) is 95.6 Å². The molecular weight excluding hydrogens is 342 g/mol. The van der Waals surface area contributed by atoms with E-state index in [-0.39, 0.29) is 29.4 Å². The van der Waals surface area contributed by atoms with Crippen LogP contribution in [0.5, 0.6) is 0 Å². The molecule has 0 spiro atoms. The van der Waals surface area contributed by atoms with E-state index in [9.17, 15) is 18.0 Å². The lowest BCUT2D eigenvalue weighted by atomic mass is 10.1. The summed E-state index contributed by atoms with van der Waals surface area (Å²) in [6.45, 7) is 0.340. The van der Waals surface area contributed by atoms with Crippen LogP contribution in [0.2, 0.25) is 0 Å². The molecule has 1 saturated heterocycles. The Balaban J connectivity index is 1.87. The number of aryl methyl sites for hydroxylation is 1. The van der Waals surface area contributed by atoms with E-state index in [0.29, 0.717) is 31.5 Å². The minimum absolute atomic E-state index is 0.0243. The maximum absolute atomic E-state index is 12.1. The molecule has 1 aromatic carbocycles. The van der Waals surface area contributed by atoms with Gasteiger partial charge in [-0.3, -0.25) is 4.79 Å². The van der Waals surface area contributed by atoms with Gasteiger partial charge in [0, 0.05) is 32.7 Å². The van der Waals surface area contributed by atoms with Gasteiger partial charge in [-0.2, -0.15) is 0 Å². The largest absolute Gasteiger partial charge is 0.349 e. The highest BCUT2D eigenvalue weighted by Crippen LogP contribution is 2.19. The Kier molecular flexibility index (Phi) is 6.41. The molecule has 1 aromatic rings. The van der Waals surface area contributed by atoms with Crippen molar-refractivity contribution in [2.45, 2.75) is 19.3 Å². The van der Waals surface area contributed by atoms with Crippen molar-refractivity contribution in [2.75, 3.05) is 37.5 Å². The number of nitrogens with one attached hydrogen (secondary N) is 2. The van der Waals surface area contributed by atoms with Crippen molar-refractivity contribution in [2.24, 2.45) is 5.92 Å². The van der Waals surface area contributed by atoms with Crippen molar-refractivity contribution in [3.63, 3.8) is 0 Å². The molecule has 1 fully saturated rings. The number of carbonyl (C=O) groups is 2. The molecule has 0 aliphatic carbocycles. The molecule has 0 unspecified atom stereocenters. The summed E-state index contributed by atoms with van der Waals surface area (Å²) in [5.74, 6) is 0.339. The Bertz CT molecular complexity index is 731. The second-order valence-electron chi connectivity index (χ2n) is 6.55. The lowest BCUT2D eigenvalue weighted by Crippen LogP contribution is -2.33. The quantitative estimate of drug-likeness (QED) is 0.791. The molecule has 8 heteroatoms. The van der Waals surface area contributed by atoms with E-state index >= 15 is 0 Å². The summed E-state index contributed by atoms with van der Waals surface area (Å²) in [6, 6.07) is 6.98. The number of sulfone groups is 1. The summed E-state index contributed by atoms with van der Waals surface area (Å²) in [5.41, 5.74) is 1.54. The Hall–Kier alpha value is -2.09. The third-order valence-corrected chi connectivity index (χ3v) is 6.09. The van der Waals surface area contributed by atoms with Crippen molar-refractivity contribution in [3.8, 4) is 0 Å². The summed E-state index contributed by atoms with van der Waals surface area (Å²) < 4.78 is 22.9. The maximum Gasteiger partial charge on any atom is 0.319 e. The number of hydrogen-bond acceptors (Lipinski definition) is 4. The minimum atomic E-state index is -2.94. The summed E-state index contributed by atoms with van der Waals surface area (Å²) in [7, 11) is 0.484. The zero-order valence-corrected chi connectivity index (χ0v) is 15.4. The van der Waals surface area contributed by atoms with E-state index < -0.39 is 9.84 Å². The molecule has 25 heavy (non-hydrogen) atoms. The van der Waals surface area contributed by atoms with E-state index in [0.717, 1.165) is 5.56 Å². The van der Waals surface area contributed by atoms with Crippen LogP contribution in [0.15, 0.2) is 24.3 Å². The first-order valence-corrected chi connectivity index (χ1v) is 10.1. The number of nitrogens with zero attached hydrogens (tertiary/aromatic N) is 1. The first-order chi connectivity index (χ1) is 11.8. The highest BCUT2D eigenvalue weighted by Gasteiger charge is 2.27. The second-order valence-corrected chi connectivity index (χ2v) is 8.78. The number of urea groups is 1. The highest BCUT2D eigenvalue weighted by molar-refractivity contribution is 7.91. The molecule has 1 aliphatic heterocycles. The molecule has 2 N–H and O–H groups in total. The zero-order chi connectivity index (χ0) is 18.4. The Morgan fingerprint density at radius 2 is 1.96 bits per heavy atom. The van der Waals surface area contributed by atoms with Gasteiger partial charge in [-0.05, 0) is 30.4 Å². The average Bonchev–Trinajstić information content (AvgIpc) is 2.91. The first kappa shape index (κ1) is 19.2. The van der Waals surface area contributed by atoms with Gasteiger partial charge < -0.3 is 15.5 Å². The van der Waals surface area contributed by atoms with Crippen LogP contribution in [0.3, 0.4) is 0 Å². The van der Waals surface area contributed by atoms with Crippen LogP contribution in [0, 0.1) is 5.92 Å². The predicted molar refractivity (Wildman–Crippen MR) is 97.2 cm³/mol. The van der Waals surface area contributed by atoms with Gasteiger partial charge in [0.2, 0.25) is 5.91 Å². The number of anilines is 1. The van der Waals surface area contributed by atoms with Crippen LogP contribution in [-0.4, -0.2) is 57.4 Å². The second kappa shape index (κ2) is 8.33. The summed E-state index contributed by atoms with van der Waals surface area (Å²) in [6.07, 6.45) is 1.49. The van der Waals surface area contributed by atoms with Crippen LogP contribution in [0.1, 0.15) is 18.4 Å². The number of para-hydroxylation sites is 1. The lowest BCUT2D eigenvalue weighted by molar-refractivity contribution is -0.128. The van der Waals surface area contributed by atoms with Gasteiger partial charge in [0.05, 0.1) is 11.5 Å². The Morgan fingerprint density at radius 1 is 1.24 bits per heavy atom. The van der Waals surface area contributed by atoms with Crippen molar-refractivity contribution in [1.29, 1.82) is 0 Å². The van der Waals surface area contributed by atoms with Crippen LogP contribution in [0.4, 0.5) is 10.5 Å². The number of amides is 3. The molecule has 0 saturated carbocycles. The average molecular weight is 367 g/mol. The molecular formula is C17H25N3O4S. The molecule has 138 valence electrons. The van der Waals surface area contributed by atoms with Crippen LogP contribution in [-0.2, 0) is 21.1 Å². The van der Waals surface area contributed by atoms with Gasteiger partial charge >= 0.3 is 6.03 Å². The van der Waals surface area contributed by atoms with Gasteiger partial charge in [-0.1, -0.05) is 18.2 Å². The minimum Gasteiger partial charge on any atom is -0.349 e. The number of rotatable bonds is 6. The lowest BCUT2D eigenvalue weighted by Gasteiger charge is -2.14. The first-order valence-electron chi connectivity index (χ1n) is 8.30. The molecule has 1 heterocycles. The van der Waals surface area contributed by atoms with Crippen LogP contribution >= 0.6 is 0 Å². The van der Waals surface area contributed by atoms with Gasteiger partial charge in [-0.15, -0.1) is 0 Å². The Labute approximate surface area is 148 Å². The molecule has 0 aromatic heterocycles. The third-order valence-electron chi connectivity index (χ3n) is 4.25. The predicted octanol–water partition coefficient (Wildman–Crippen LogP) is 1.26. The number of hydrogen-bond donors (Lipinski definition) is 2. The molecule has 1 atom stereocenters. The number of benzene rings is 1. The van der Waals surface area contributed by atoms with Crippen LogP contribution in [0.25, 0.3) is 0 Å².